The standard InChI is InChI=1S/C12H10Br2S/c1-8-9(4-2-5-10(8)13)12(14)11-6-3-7-15-11/h2-7,12H,1H3. The zero-order valence-corrected chi connectivity index (χ0v) is 12.2. The monoisotopic (exact) mass is 344 g/mol. The van der Waals surface area contributed by atoms with E-state index >= 15 is 0 Å². The highest BCUT2D eigenvalue weighted by molar-refractivity contribution is 9.10. The second kappa shape index (κ2) is 4.81. The minimum absolute atomic E-state index is 0.301. The van der Waals surface area contributed by atoms with E-state index in [-0.39, 0.29) is 0 Å². The molecule has 0 saturated carbocycles. The predicted octanol–water partition coefficient (Wildman–Crippen LogP) is 5.30. The van der Waals surface area contributed by atoms with Crippen molar-refractivity contribution in [2.24, 2.45) is 0 Å². The highest BCUT2D eigenvalue weighted by Crippen LogP contribution is 2.37. The Morgan fingerprint density at radius 1 is 1.20 bits per heavy atom. The van der Waals surface area contributed by atoms with Crippen LogP contribution >= 0.6 is 43.2 Å². The maximum Gasteiger partial charge on any atom is 0.0740 e. The Kier molecular flexibility index (Phi) is 3.65. The van der Waals surface area contributed by atoms with Crippen molar-refractivity contribution < 1.29 is 0 Å². The Morgan fingerprint density at radius 3 is 2.67 bits per heavy atom. The molecule has 1 heterocycles. The Labute approximate surface area is 111 Å². The lowest BCUT2D eigenvalue weighted by atomic mass is 10.1. The first kappa shape index (κ1) is 11.4. The zero-order chi connectivity index (χ0) is 10.8. The smallest absolute Gasteiger partial charge is 0.0740 e. The third-order valence-corrected chi connectivity index (χ3v) is 5.46. The highest BCUT2D eigenvalue weighted by atomic mass is 79.9. The van der Waals surface area contributed by atoms with Gasteiger partial charge in [0.25, 0.3) is 0 Å². The van der Waals surface area contributed by atoms with E-state index in [2.05, 4.69) is 74.5 Å². The largest absolute Gasteiger partial charge is 0.147 e. The molecule has 1 unspecified atom stereocenters. The van der Waals surface area contributed by atoms with E-state index in [4.69, 9.17) is 0 Å². The third kappa shape index (κ3) is 2.35. The zero-order valence-electron chi connectivity index (χ0n) is 8.21. The van der Waals surface area contributed by atoms with Crippen molar-refractivity contribution in [2.75, 3.05) is 0 Å². The summed E-state index contributed by atoms with van der Waals surface area (Å²) in [6.45, 7) is 2.14. The van der Waals surface area contributed by atoms with Crippen LogP contribution < -0.4 is 0 Å². The van der Waals surface area contributed by atoms with Crippen molar-refractivity contribution in [3.8, 4) is 0 Å². The first-order valence-corrected chi connectivity index (χ1v) is 7.21. The molecule has 3 heteroatoms. The quantitative estimate of drug-likeness (QED) is 0.647. The molecular weight excluding hydrogens is 336 g/mol. The summed E-state index contributed by atoms with van der Waals surface area (Å²) in [5.41, 5.74) is 2.62. The summed E-state index contributed by atoms with van der Waals surface area (Å²) < 4.78 is 1.17. The lowest BCUT2D eigenvalue weighted by Gasteiger charge is -2.12. The second-order valence-electron chi connectivity index (χ2n) is 3.33. The molecule has 15 heavy (non-hydrogen) atoms. The van der Waals surface area contributed by atoms with Crippen LogP contribution in [0.4, 0.5) is 0 Å². The average Bonchev–Trinajstić information content (AvgIpc) is 2.74. The van der Waals surface area contributed by atoms with Gasteiger partial charge in [-0.05, 0) is 35.6 Å². The minimum Gasteiger partial charge on any atom is -0.147 e. The van der Waals surface area contributed by atoms with Crippen molar-refractivity contribution in [1.29, 1.82) is 0 Å². The van der Waals surface area contributed by atoms with Crippen LogP contribution in [-0.4, -0.2) is 0 Å². The van der Waals surface area contributed by atoms with Gasteiger partial charge in [-0.15, -0.1) is 11.3 Å². The molecule has 1 aromatic carbocycles. The summed E-state index contributed by atoms with van der Waals surface area (Å²) in [5, 5.41) is 2.11. The van der Waals surface area contributed by atoms with E-state index in [1.54, 1.807) is 11.3 Å². The fraction of sp³-hybridized carbons (Fsp3) is 0.167. The van der Waals surface area contributed by atoms with Crippen LogP contribution in [0.25, 0.3) is 0 Å². The van der Waals surface area contributed by atoms with Crippen LogP contribution in [0.5, 0.6) is 0 Å². The van der Waals surface area contributed by atoms with E-state index in [0.717, 1.165) is 0 Å². The lowest BCUT2D eigenvalue weighted by Crippen LogP contribution is -1.93. The van der Waals surface area contributed by atoms with Crippen LogP contribution in [0, 0.1) is 6.92 Å². The molecule has 0 fully saturated rings. The average molecular weight is 346 g/mol. The van der Waals surface area contributed by atoms with Crippen LogP contribution in [0.2, 0.25) is 0 Å². The van der Waals surface area contributed by atoms with Gasteiger partial charge in [-0.2, -0.15) is 0 Å². The van der Waals surface area contributed by atoms with Crippen molar-refractivity contribution in [2.45, 2.75) is 11.8 Å². The van der Waals surface area contributed by atoms with Crippen LogP contribution in [-0.2, 0) is 0 Å². The molecule has 0 nitrogen and oxygen atoms in total. The van der Waals surface area contributed by atoms with Crippen LogP contribution in [0.15, 0.2) is 40.2 Å². The van der Waals surface area contributed by atoms with E-state index < -0.39 is 0 Å². The summed E-state index contributed by atoms with van der Waals surface area (Å²) in [4.78, 5) is 1.64. The Morgan fingerprint density at radius 2 is 2.00 bits per heavy atom. The summed E-state index contributed by atoms with van der Waals surface area (Å²) in [7, 11) is 0. The molecule has 0 radical (unpaired) electrons. The van der Waals surface area contributed by atoms with Crippen molar-refractivity contribution in [3.63, 3.8) is 0 Å². The lowest BCUT2D eigenvalue weighted by molar-refractivity contribution is 1.17. The third-order valence-electron chi connectivity index (χ3n) is 2.38. The number of hydrogen-bond donors (Lipinski definition) is 0. The number of halogens is 2. The van der Waals surface area contributed by atoms with E-state index in [0.29, 0.717) is 4.83 Å². The first-order valence-electron chi connectivity index (χ1n) is 4.62. The molecule has 0 saturated heterocycles. The number of thiophene rings is 1. The van der Waals surface area contributed by atoms with Crippen LogP contribution in [0.1, 0.15) is 20.8 Å². The SMILES string of the molecule is Cc1c(Br)cccc1C(Br)c1cccs1. The molecule has 1 atom stereocenters. The van der Waals surface area contributed by atoms with Gasteiger partial charge >= 0.3 is 0 Å². The molecule has 0 spiro atoms. The van der Waals surface area contributed by atoms with E-state index in [1.807, 2.05) is 0 Å². The molecule has 0 N–H and O–H groups in total. The molecule has 2 aromatic rings. The van der Waals surface area contributed by atoms with Gasteiger partial charge in [0, 0.05) is 9.35 Å². The maximum atomic E-state index is 3.75. The molecule has 78 valence electrons. The Hall–Kier alpha value is -0.120. The summed E-state index contributed by atoms with van der Waals surface area (Å²) in [6.07, 6.45) is 0. The topological polar surface area (TPSA) is 0 Å². The minimum atomic E-state index is 0.301. The molecule has 0 aliphatic heterocycles. The van der Waals surface area contributed by atoms with E-state index in [9.17, 15) is 0 Å². The summed E-state index contributed by atoms with van der Waals surface area (Å²) in [5.74, 6) is 0. The van der Waals surface area contributed by atoms with E-state index in [1.165, 1.54) is 20.5 Å². The van der Waals surface area contributed by atoms with Gasteiger partial charge in [-0.25, -0.2) is 0 Å². The van der Waals surface area contributed by atoms with Crippen molar-refractivity contribution >= 4 is 43.2 Å². The molecule has 0 aliphatic rings. The van der Waals surface area contributed by atoms with Gasteiger partial charge < -0.3 is 0 Å². The van der Waals surface area contributed by atoms with Crippen molar-refractivity contribution in [1.82, 2.24) is 0 Å². The van der Waals surface area contributed by atoms with Gasteiger partial charge in [-0.3, -0.25) is 0 Å². The second-order valence-corrected chi connectivity index (χ2v) is 6.08. The molecule has 0 bridgehead atoms. The van der Waals surface area contributed by atoms with Crippen LogP contribution in [0.3, 0.4) is 0 Å². The normalized spacial score (nSPS) is 12.7. The van der Waals surface area contributed by atoms with Gasteiger partial charge in [0.2, 0.25) is 0 Å². The first-order chi connectivity index (χ1) is 7.20. The number of benzene rings is 1. The number of rotatable bonds is 2. The van der Waals surface area contributed by atoms with Gasteiger partial charge in [0.15, 0.2) is 0 Å². The molecular formula is C12H10Br2S. The Bertz CT molecular complexity index is 449. The van der Waals surface area contributed by atoms with Gasteiger partial charge in [-0.1, -0.05) is 50.1 Å². The Balaban J connectivity index is 2.42. The fourth-order valence-electron chi connectivity index (χ4n) is 1.49. The number of alkyl halides is 1. The highest BCUT2D eigenvalue weighted by Gasteiger charge is 2.14. The molecule has 0 aliphatic carbocycles. The predicted molar refractivity (Wildman–Crippen MR) is 74.0 cm³/mol. The van der Waals surface area contributed by atoms with Crippen molar-refractivity contribution in [3.05, 3.63) is 56.2 Å². The fourth-order valence-corrected chi connectivity index (χ4v) is 3.56. The molecule has 2 rings (SSSR count). The summed E-state index contributed by atoms with van der Waals surface area (Å²) in [6, 6.07) is 10.6. The molecule has 1 aromatic heterocycles. The molecule has 0 amide bonds. The van der Waals surface area contributed by atoms with Gasteiger partial charge in [0.05, 0.1) is 4.83 Å². The van der Waals surface area contributed by atoms with Gasteiger partial charge in [0.1, 0.15) is 0 Å². The number of hydrogen-bond acceptors (Lipinski definition) is 1. The maximum absolute atomic E-state index is 3.75. The summed E-state index contributed by atoms with van der Waals surface area (Å²) >= 11 is 9.09.